The summed E-state index contributed by atoms with van der Waals surface area (Å²) in [7, 11) is 0. The number of aryl methyl sites for hydroxylation is 1. The number of nitrogens with one attached hydrogen (secondary N) is 1. The normalized spacial score (nSPS) is 11.2. The molecule has 0 aromatic carbocycles. The van der Waals surface area contributed by atoms with Gasteiger partial charge >= 0.3 is 0 Å². The van der Waals surface area contributed by atoms with Crippen LogP contribution < -0.4 is 5.56 Å². The molecule has 6 heteroatoms. The van der Waals surface area contributed by atoms with Crippen molar-refractivity contribution >= 4 is 5.78 Å². The molecule has 6 nitrogen and oxygen atoms in total. The molecule has 0 amide bonds. The zero-order valence-electron chi connectivity index (χ0n) is 13.5. The number of hydrogen-bond acceptors (Lipinski definition) is 4. The molecular weight excluding hydrogens is 290 g/mol. The van der Waals surface area contributed by atoms with Gasteiger partial charge in [-0.25, -0.2) is 4.98 Å². The lowest BCUT2D eigenvalue weighted by Gasteiger charge is -2.04. The van der Waals surface area contributed by atoms with Gasteiger partial charge in [-0.1, -0.05) is 26.2 Å². The second-order valence-corrected chi connectivity index (χ2v) is 5.74. The Bertz CT molecular complexity index is 851. The van der Waals surface area contributed by atoms with E-state index < -0.39 is 0 Å². The number of hydrogen-bond donors (Lipinski definition) is 1. The highest BCUT2D eigenvalue weighted by molar-refractivity contribution is 5.55. The Kier molecular flexibility index (Phi) is 4.50. The topological polar surface area (TPSA) is 75.9 Å². The van der Waals surface area contributed by atoms with Crippen molar-refractivity contribution < 1.29 is 0 Å². The Balaban J connectivity index is 1.96. The zero-order chi connectivity index (χ0) is 16.2. The summed E-state index contributed by atoms with van der Waals surface area (Å²) in [4.78, 5) is 25.6. The fourth-order valence-electron chi connectivity index (χ4n) is 2.71. The molecule has 1 N–H and O–H groups in total. The molecule has 0 spiro atoms. The van der Waals surface area contributed by atoms with Gasteiger partial charge in [0.1, 0.15) is 0 Å². The molecule has 3 rings (SSSR count). The minimum atomic E-state index is -0.0446. The van der Waals surface area contributed by atoms with Crippen LogP contribution >= 0.6 is 0 Å². The summed E-state index contributed by atoms with van der Waals surface area (Å²) in [5.74, 6) is 1.04. The smallest absolute Gasteiger partial charge is 0.271 e. The first kappa shape index (κ1) is 15.4. The highest BCUT2D eigenvalue weighted by Crippen LogP contribution is 2.14. The van der Waals surface area contributed by atoms with Crippen molar-refractivity contribution in [1.29, 1.82) is 0 Å². The molecule has 0 saturated heterocycles. The SMILES string of the molecule is CCCCCCc1c(C)nc2nc(-c3ccncc3)[nH]n2c1=O. The molecule has 3 aromatic heterocycles. The van der Waals surface area contributed by atoms with Gasteiger partial charge < -0.3 is 0 Å². The Labute approximate surface area is 134 Å². The van der Waals surface area contributed by atoms with Gasteiger partial charge in [0.15, 0.2) is 5.82 Å². The molecule has 0 fully saturated rings. The van der Waals surface area contributed by atoms with Gasteiger partial charge in [-0.2, -0.15) is 9.50 Å². The zero-order valence-corrected chi connectivity index (χ0v) is 13.5. The van der Waals surface area contributed by atoms with E-state index in [1.165, 1.54) is 17.4 Å². The van der Waals surface area contributed by atoms with Crippen molar-refractivity contribution in [1.82, 2.24) is 24.6 Å². The molecule has 0 radical (unpaired) electrons. The third-order valence-electron chi connectivity index (χ3n) is 4.03. The van der Waals surface area contributed by atoms with Crippen LogP contribution in [0.4, 0.5) is 0 Å². The maximum atomic E-state index is 12.7. The van der Waals surface area contributed by atoms with Crippen molar-refractivity contribution in [3.8, 4) is 11.4 Å². The van der Waals surface area contributed by atoms with E-state index in [-0.39, 0.29) is 5.56 Å². The van der Waals surface area contributed by atoms with E-state index in [4.69, 9.17) is 0 Å². The quantitative estimate of drug-likeness (QED) is 0.710. The third-order valence-corrected chi connectivity index (χ3v) is 4.03. The van der Waals surface area contributed by atoms with Crippen molar-refractivity contribution in [2.24, 2.45) is 0 Å². The lowest BCUT2D eigenvalue weighted by Crippen LogP contribution is -2.22. The minimum Gasteiger partial charge on any atom is -0.271 e. The maximum Gasteiger partial charge on any atom is 0.277 e. The Morgan fingerprint density at radius 3 is 2.65 bits per heavy atom. The van der Waals surface area contributed by atoms with Crippen LogP contribution in [0.2, 0.25) is 0 Å². The van der Waals surface area contributed by atoms with Crippen molar-refractivity contribution in [3.05, 3.63) is 46.1 Å². The highest BCUT2D eigenvalue weighted by atomic mass is 16.1. The van der Waals surface area contributed by atoms with Gasteiger partial charge in [0.25, 0.3) is 11.3 Å². The van der Waals surface area contributed by atoms with Crippen molar-refractivity contribution in [2.75, 3.05) is 0 Å². The third kappa shape index (κ3) is 3.16. The molecule has 3 heterocycles. The van der Waals surface area contributed by atoms with Crippen molar-refractivity contribution in [3.63, 3.8) is 0 Å². The summed E-state index contributed by atoms with van der Waals surface area (Å²) in [5, 5.41) is 3.05. The molecule has 0 bridgehead atoms. The molecule has 3 aromatic rings. The number of rotatable bonds is 6. The molecule has 0 aliphatic rings. The Morgan fingerprint density at radius 2 is 1.91 bits per heavy atom. The largest absolute Gasteiger partial charge is 0.277 e. The second kappa shape index (κ2) is 6.73. The average molecular weight is 311 g/mol. The lowest BCUT2D eigenvalue weighted by atomic mass is 10.1. The predicted octanol–water partition coefficient (Wildman–Crippen LogP) is 2.91. The number of nitrogens with zero attached hydrogens (tertiary/aromatic N) is 4. The van der Waals surface area contributed by atoms with Crippen LogP contribution in [0.1, 0.15) is 43.9 Å². The Morgan fingerprint density at radius 1 is 1.13 bits per heavy atom. The van der Waals surface area contributed by atoms with Gasteiger partial charge in [-0.3, -0.25) is 14.9 Å². The van der Waals surface area contributed by atoms with Crippen LogP contribution in [0.25, 0.3) is 17.2 Å². The summed E-state index contributed by atoms with van der Waals surface area (Å²) in [6.07, 6.45) is 8.71. The van der Waals surface area contributed by atoms with Gasteiger partial charge in [-0.15, -0.1) is 0 Å². The molecule has 0 atom stereocenters. The summed E-state index contributed by atoms with van der Waals surface area (Å²) in [5.41, 5.74) is 2.40. The van der Waals surface area contributed by atoms with Crippen LogP contribution in [0.3, 0.4) is 0 Å². The molecule has 23 heavy (non-hydrogen) atoms. The summed E-state index contributed by atoms with van der Waals surface area (Å²) < 4.78 is 1.44. The molecule has 0 aliphatic heterocycles. The van der Waals surface area contributed by atoms with Gasteiger partial charge in [0.05, 0.1) is 5.69 Å². The van der Waals surface area contributed by atoms with Crippen LogP contribution in [0.5, 0.6) is 0 Å². The van der Waals surface area contributed by atoms with Gasteiger partial charge in [0.2, 0.25) is 0 Å². The van der Waals surface area contributed by atoms with E-state index in [1.807, 2.05) is 19.1 Å². The number of fused-ring (bicyclic) bond motifs is 1. The van der Waals surface area contributed by atoms with Crippen molar-refractivity contribution in [2.45, 2.75) is 46.0 Å². The van der Waals surface area contributed by atoms with Crippen LogP contribution in [0.15, 0.2) is 29.3 Å². The summed E-state index contributed by atoms with van der Waals surface area (Å²) >= 11 is 0. The monoisotopic (exact) mass is 311 g/mol. The maximum absolute atomic E-state index is 12.7. The first-order chi connectivity index (χ1) is 11.2. The fraction of sp³-hybridized carbons (Fsp3) is 0.412. The predicted molar refractivity (Wildman–Crippen MR) is 89.4 cm³/mol. The van der Waals surface area contributed by atoms with Crippen LogP contribution in [-0.4, -0.2) is 24.6 Å². The highest BCUT2D eigenvalue weighted by Gasteiger charge is 2.13. The van der Waals surface area contributed by atoms with Crippen LogP contribution in [-0.2, 0) is 6.42 Å². The molecule has 120 valence electrons. The first-order valence-corrected chi connectivity index (χ1v) is 8.09. The van der Waals surface area contributed by atoms with Crippen LogP contribution in [0, 0.1) is 6.92 Å². The number of aromatic amines is 1. The van der Waals surface area contributed by atoms with E-state index >= 15 is 0 Å². The molecule has 0 unspecified atom stereocenters. The lowest BCUT2D eigenvalue weighted by molar-refractivity contribution is 0.658. The number of unbranched alkanes of at least 4 members (excludes halogenated alkanes) is 3. The minimum absolute atomic E-state index is 0.0446. The van der Waals surface area contributed by atoms with E-state index in [1.54, 1.807) is 12.4 Å². The van der Waals surface area contributed by atoms with E-state index in [2.05, 4.69) is 27.0 Å². The first-order valence-electron chi connectivity index (χ1n) is 8.09. The number of H-pyrrole nitrogens is 1. The second-order valence-electron chi connectivity index (χ2n) is 5.74. The fourth-order valence-corrected chi connectivity index (χ4v) is 2.71. The molecule has 0 saturated carbocycles. The molecular formula is C17H21N5O. The standard InChI is InChI=1S/C17H21N5O/c1-3-4-5-6-7-14-12(2)19-17-20-15(21-22(17)16(14)23)13-8-10-18-11-9-13/h8-11H,3-7H2,1-2H3,(H,19,20,21). The van der Waals surface area contributed by atoms with E-state index in [0.29, 0.717) is 11.6 Å². The molecule has 0 aliphatic carbocycles. The summed E-state index contributed by atoms with van der Waals surface area (Å²) in [6, 6.07) is 3.70. The van der Waals surface area contributed by atoms with Gasteiger partial charge in [0, 0.05) is 23.5 Å². The number of pyridine rings is 1. The Hall–Kier alpha value is -2.50. The van der Waals surface area contributed by atoms with E-state index in [0.717, 1.165) is 36.1 Å². The van der Waals surface area contributed by atoms with Gasteiger partial charge in [-0.05, 0) is 31.9 Å². The summed E-state index contributed by atoms with van der Waals surface area (Å²) in [6.45, 7) is 4.07. The average Bonchev–Trinajstić information content (AvgIpc) is 2.99. The van der Waals surface area contributed by atoms with E-state index in [9.17, 15) is 4.79 Å². The number of aromatic nitrogens is 5.